The van der Waals surface area contributed by atoms with Gasteiger partial charge in [0.05, 0.1) is 6.54 Å². The van der Waals surface area contributed by atoms with Crippen LogP contribution in [0.25, 0.3) is 0 Å². The van der Waals surface area contributed by atoms with Crippen molar-refractivity contribution < 1.29 is 9.59 Å². The number of nitrogens with one attached hydrogen (secondary N) is 2. The summed E-state index contributed by atoms with van der Waals surface area (Å²) in [6.45, 7) is 0.830. The molecule has 2 amide bonds. The van der Waals surface area contributed by atoms with E-state index in [0.29, 0.717) is 18.2 Å². The molecular weight excluding hydrogens is 230 g/mol. The van der Waals surface area contributed by atoms with Gasteiger partial charge in [0, 0.05) is 18.2 Å². The number of benzene rings is 1. The Morgan fingerprint density at radius 2 is 2.11 bits per heavy atom. The fourth-order valence-electron chi connectivity index (χ4n) is 1.66. The van der Waals surface area contributed by atoms with Gasteiger partial charge in [0.2, 0.25) is 11.8 Å². The molecule has 0 saturated heterocycles. The van der Waals surface area contributed by atoms with Gasteiger partial charge in [0.1, 0.15) is 0 Å². The third kappa shape index (κ3) is 3.85. The molecule has 0 unspecified atom stereocenters. The zero-order valence-electron chi connectivity index (χ0n) is 10.1. The smallest absolute Gasteiger partial charge is 0.248 e. The molecular formula is C13H17N3O2. The first-order valence-corrected chi connectivity index (χ1v) is 6.04. The van der Waals surface area contributed by atoms with E-state index in [1.807, 2.05) is 6.07 Å². The Labute approximate surface area is 106 Å². The number of hydrogen-bond donors (Lipinski definition) is 3. The van der Waals surface area contributed by atoms with Gasteiger partial charge in [-0.25, -0.2) is 0 Å². The Hall–Kier alpha value is -1.88. The SMILES string of the molecule is NC(=O)c1cccc(CNCC(=O)NC2CC2)c1. The molecule has 18 heavy (non-hydrogen) atoms. The highest BCUT2D eigenvalue weighted by molar-refractivity contribution is 5.92. The number of carbonyl (C=O) groups is 2. The fraction of sp³-hybridized carbons (Fsp3) is 0.385. The van der Waals surface area contributed by atoms with Gasteiger partial charge in [-0.1, -0.05) is 12.1 Å². The molecule has 1 aromatic carbocycles. The number of carbonyl (C=O) groups excluding carboxylic acids is 2. The molecule has 1 saturated carbocycles. The van der Waals surface area contributed by atoms with E-state index >= 15 is 0 Å². The van der Waals surface area contributed by atoms with Crippen LogP contribution in [0.5, 0.6) is 0 Å². The van der Waals surface area contributed by atoms with Crippen LogP contribution in [0.2, 0.25) is 0 Å². The summed E-state index contributed by atoms with van der Waals surface area (Å²) in [6.07, 6.45) is 2.18. The van der Waals surface area contributed by atoms with E-state index in [1.165, 1.54) is 0 Å². The minimum absolute atomic E-state index is 0.0172. The predicted molar refractivity (Wildman–Crippen MR) is 67.8 cm³/mol. The molecule has 0 atom stereocenters. The van der Waals surface area contributed by atoms with E-state index in [0.717, 1.165) is 18.4 Å². The summed E-state index contributed by atoms with van der Waals surface area (Å²) in [4.78, 5) is 22.4. The van der Waals surface area contributed by atoms with Crippen molar-refractivity contribution in [2.24, 2.45) is 5.73 Å². The zero-order chi connectivity index (χ0) is 13.0. The summed E-state index contributed by atoms with van der Waals surface area (Å²) in [5.41, 5.74) is 6.62. The van der Waals surface area contributed by atoms with Crippen molar-refractivity contribution in [3.63, 3.8) is 0 Å². The van der Waals surface area contributed by atoms with Crippen LogP contribution in [0.4, 0.5) is 0 Å². The Kier molecular flexibility index (Phi) is 3.94. The van der Waals surface area contributed by atoms with Gasteiger partial charge in [0.15, 0.2) is 0 Å². The van der Waals surface area contributed by atoms with Crippen LogP contribution in [-0.4, -0.2) is 24.4 Å². The van der Waals surface area contributed by atoms with Gasteiger partial charge >= 0.3 is 0 Å². The highest BCUT2D eigenvalue weighted by atomic mass is 16.2. The van der Waals surface area contributed by atoms with Crippen molar-refractivity contribution in [1.29, 1.82) is 0 Å². The quantitative estimate of drug-likeness (QED) is 0.669. The van der Waals surface area contributed by atoms with Crippen LogP contribution in [0.3, 0.4) is 0 Å². The van der Waals surface area contributed by atoms with Crippen LogP contribution in [-0.2, 0) is 11.3 Å². The lowest BCUT2D eigenvalue weighted by molar-refractivity contribution is -0.120. The summed E-state index contributed by atoms with van der Waals surface area (Å²) in [5, 5.41) is 5.93. The van der Waals surface area contributed by atoms with Crippen molar-refractivity contribution >= 4 is 11.8 Å². The number of rotatable bonds is 6. The van der Waals surface area contributed by atoms with Gasteiger partial charge in [-0.2, -0.15) is 0 Å². The molecule has 1 fully saturated rings. The first-order chi connectivity index (χ1) is 8.65. The van der Waals surface area contributed by atoms with Crippen LogP contribution in [0, 0.1) is 0 Å². The van der Waals surface area contributed by atoms with Crippen molar-refractivity contribution in [3.8, 4) is 0 Å². The highest BCUT2D eigenvalue weighted by Gasteiger charge is 2.22. The maximum absolute atomic E-state index is 11.4. The molecule has 1 aromatic rings. The van der Waals surface area contributed by atoms with E-state index in [2.05, 4.69) is 10.6 Å². The highest BCUT2D eigenvalue weighted by Crippen LogP contribution is 2.18. The van der Waals surface area contributed by atoms with E-state index in [1.54, 1.807) is 18.2 Å². The summed E-state index contributed by atoms with van der Waals surface area (Å²) >= 11 is 0. The van der Waals surface area contributed by atoms with Gasteiger partial charge in [-0.05, 0) is 30.5 Å². The minimum atomic E-state index is -0.441. The van der Waals surface area contributed by atoms with E-state index in [-0.39, 0.29) is 12.5 Å². The second-order valence-corrected chi connectivity index (χ2v) is 4.51. The van der Waals surface area contributed by atoms with Crippen molar-refractivity contribution in [1.82, 2.24) is 10.6 Å². The second-order valence-electron chi connectivity index (χ2n) is 4.51. The number of primary amides is 1. The monoisotopic (exact) mass is 247 g/mol. The van der Waals surface area contributed by atoms with Gasteiger partial charge in [0.25, 0.3) is 0 Å². The predicted octanol–water partition coefficient (Wildman–Crippen LogP) is 0.154. The van der Waals surface area contributed by atoms with Crippen molar-refractivity contribution in [2.45, 2.75) is 25.4 Å². The molecule has 1 aliphatic rings. The maximum atomic E-state index is 11.4. The average molecular weight is 247 g/mol. The molecule has 96 valence electrons. The van der Waals surface area contributed by atoms with Crippen molar-refractivity contribution in [2.75, 3.05) is 6.54 Å². The summed E-state index contributed by atoms with van der Waals surface area (Å²) in [5.74, 6) is -0.424. The molecule has 1 aliphatic carbocycles. The lowest BCUT2D eigenvalue weighted by Gasteiger charge is -2.06. The lowest BCUT2D eigenvalue weighted by Crippen LogP contribution is -2.34. The molecule has 5 nitrogen and oxygen atoms in total. The molecule has 0 bridgehead atoms. The lowest BCUT2D eigenvalue weighted by atomic mass is 10.1. The van der Waals surface area contributed by atoms with Gasteiger partial charge in [-0.3, -0.25) is 9.59 Å². The van der Waals surface area contributed by atoms with E-state index in [9.17, 15) is 9.59 Å². The van der Waals surface area contributed by atoms with Crippen LogP contribution in [0.15, 0.2) is 24.3 Å². The Morgan fingerprint density at radius 3 is 2.78 bits per heavy atom. The molecule has 0 aliphatic heterocycles. The first kappa shape index (κ1) is 12.6. The standard InChI is InChI=1S/C13H17N3O2/c14-13(18)10-3-1-2-9(6-10)7-15-8-12(17)16-11-4-5-11/h1-3,6,11,15H,4-5,7-8H2,(H2,14,18)(H,16,17). The number of amides is 2. The van der Waals surface area contributed by atoms with Crippen LogP contribution < -0.4 is 16.4 Å². The Balaban J connectivity index is 1.76. The fourth-order valence-corrected chi connectivity index (χ4v) is 1.66. The normalized spacial score (nSPS) is 14.2. The van der Waals surface area contributed by atoms with Gasteiger partial charge in [-0.15, -0.1) is 0 Å². The van der Waals surface area contributed by atoms with Crippen LogP contribution in [0.1, 0.15) is 28.8 Å². The molecule has 0 heterocycles. The number of hydrogen-bond acceptors (Lipinski definition) is 3. The first-order valence-electron chi connectivity index (χ1n) is 6.04. The average Bonchev–Trinajstić information content (AvgIpc) is 3.13. The molecule has 0 spiro atoms. The van der Waals surface area contributed by atoms with Crippen molar-refractivity contribution in [3.05, 3.63) is 35.4 Å². The molecule has 0 radical (unpaired) electrons. The summed E-state index contributed by atoms with van der Waals surface area (Å²) < 4.78 is 0. The van der Waals surface area contributed by atoms with Crippen LogP contribution >= 0.6 is 0 Å². The van der Waals surface area contributed by atoms with Gasteiger partial charge < -0.3 is 16.4 Å². The molecule has 5 heteroatoms. The third-order valence-corrected chi connectivity index (χ3v) is 2.77. The maximum Gasteiger partial charge on any atom is 0.248 e. The molecule has 4 N–H and O–H groups in total. The Bertz CT molecular complexity index is 455. The number of nitrogens with two attached hydrogens (primary N) is 1. The Morgan fingerprint density at radius 1 is 1.33 bits per heavy atom. The zero-order valence-corrected chi connectivity index (χ0v) is 10.1. The summed E-state index contributed by atoms with van der Waals surface area (Å²) in [7, 11) is 0. The largest absolute Gasteiger partial charge is 0.366 e. The molecule has 0 aromatic heterocycles. The second kappa shape index (κ2) is 5.64. The molecule has 2 rings (SSSR count). The minimum Gasteiger partial charge on any atom is -0.366 e. The van der Waals surface area contributed by atoms with E-state index < -0.39 is 5.91 Å². The van der Waals surface area contributed by atoms with E-state index in [4.69, 9.17) is 5.73 Å². The topological polar surface area (TPSA) is 84.2 Å². The summed E-state index contributed by atoms with van der Waals surface area (Å²) in [6, 6.07) is 7.46. The third-order valence-electron chi connectivity index (χ3n) is 2.77.